The summed E-state index contributed by atoms with van der Waals surface area (Å²) in [5.41, 5.74) is 2.47. The molecule has 0 saturated carbocycles. The van der Waals surface area contributed by atoms with Crippen LogP contribution in [0.3, 0.4) is 0 Å². The molecule has 1 heterocycles. The van der Waals surface area contributed by atoms with E-state index in [1.165, 1.54) is 11.6 Å². The molecule has 7 heteroatoms. The lowest BCUT2D eigenvalue weighted by Gasteiger charge is -2.20. The highest BCUT2D eigenvalue weighted by molar-refractivity contribution is 7.98. The van der Waals surface area contributed by atoms with Crippen LogP contribution in [-0.4, -0.2) is 44.0 Å². The van der Waals surface area contributed by atoms with Crippen LogP contribution < -0.4 is 5.32 Å². The molecule has 1 aliphatic heterocycles. The van der Waals surface area contributed by atoms with Crippen molar-refractivity contribution in [3.05, 3.63) is 65.2 Å². The Balaban J connectivity index is 1.59. The third kappa shape index (κ3) is 6.09. The molecule has 5 nitrogen and oxygen atoms in total. The lowest BCUT2D eigenvalue weighted by atomic mass is 10.1. The van der Waals surface area contributed by atoms with Gasteiger partial charge in [0.1, 0.15) is 0 Å². The summed E-state index contributed by atoms with van der Waals surface area (Å²) in [6.07, 6.45) is 3.91. The first kappa shape index (κ1) is 22.8. The fourth-order valence-corrected chi connectivity index (χ4v) is 5.90. The van der Waals surface area contributed by atoms with E-state index >= 15 is 0 Å². The number of aryl methyl sites for hydroxylation is 1. The number of rotatable bonds is 8. The van der Waals surface area contributed by atoms with Gasteiger partial charge in [-0.25, -0.2) is 8.42 Å². The van der Waals surface area contributed by atoms with Crippen LogP contribution in [0.25, 0.3) is 0 Å². The van der Waals surface area contributed by atoms with Crippen molar-refractivity contribution in [2.75, 3.05) is 25.4 Å². The SMILES string of the molecule is Cc1ccc(S(=O)(=O)N2CCCCCC2)cc1C(=O)NCCSCc1ccccc1. The molecule has 162 valence electrons. The second kappa shape index (κ2) is 11.0. The summed E-state index contributed by atoms with van der Waals surface area (Å²) >= 11 is 1.76. The lowest BCUT2D eigenvalue weighted by Crippen LogP contribution is -2.32. The van der Waals surface area contributed by atoms with Gasteiger partial charge in [0.2, 0.25) is 10.0 Å². The molecule has 1 fully saturated rings. The predicted molar refractivity (Wildman–Crippen MR) is 123 cm³/mol. The third-order valence-corrected chi connectivity index (χ3v) is 8.22. The molecule has 0 unspecified atom stereocenters. The number of thioether (sulfide) groups is 1. The first-order valence-corrected chi connectivity index (χ1v) is 13.1. The Kier molecular flexibility index (Phi) is 8.36. The largest absolute Gasteiger partial charge is 0.351 e. The lowest BCUT2D eigenvalue weighted by molar-refractivity contribution is 0.0955. The van der Waals surface area contributed by atoms with E-state index in [1.807, 2.05) is 25.1 Å². The third-order valence-electron chi connectivity index (χ3n) is 5.30. The number of carbonyl (C=O) groups excluding carboxylic acids is 1. The fourth-order valence-electron chi connectivity index (χ4n) is 3.53. The van der Waals surface area contributed by atoms with E-state index in [2.05, 4.69) is 17.4 Å². The number of benzene rings is 2. The Bertz CT molecular complexity index is 938. The number of hydrogen-bond acceptors (Lipinski definition) is 4. The minimum Gasteiger partial charge on any atom is -0.351 e. The maximum absolute atomic E-state index is 13.1. The van der Waals surface area contributed by atoms with E-state index in [0.29, 0.717) is 25.2 Å². The Hall–Kier alpha value is -1.83. The first-order valence-electron chi connectivity index (χ1n) is 10.5. The molecule has 0 radical (unpaired) electrons. The van der Waals surface area contributed by atoms with Crippen LogP contribution in [0, 0.1) is 6.92 Å². The molecule has 30 heavy (non-hydrogen) atoms. The number of hydrogen-bond donors (Lipinski definition) is 1. The van der Waals surface area contributed by atoms with Crippen molar-refractivity contribution in [2.24, 2.45) is 0 Å². The van der Waals surface area contributed by atoms with Gasteiger partial charge in [-0.3, -0.25) is 4.79 Å². The summed E-state index contributed by atoms with van der Waals surface area (Å²) in [7, 11) is -3.57. The highest BCUT2D eigenvalue weighted by atomic mass is 32.2. The maximum Gasteiger partial charge on any atom is 0.251 e. The Morgan fingerprint density at radius 2 is 1.73 bits per heavy atom. The summed E-state index contributed by atoms with van der Waals surface area (Å²) in [4.78, 5) is 12.9. The summed E-state index contributed by atoms with van der Waals surface area (Å²) in [6.45, 7) is 3.48. The van der Waals surface area contributed by atoms with E-state index in [0.717, 1.165) is 42.8 Å². The Labute approximate surface area is 184 Å². The number of sulfonamides is 1. The normalized spacial score (nSPS) is 15.5. The molecule has 0 bridgehead atoms. The average molecular weight is 447 g/mol. The van der Waals surface area contributed by atoms with Crippen molar-refractivity contribution < 1.29 is 13.2 Å². The van der Waals surface area contributed by atoms with Crippen molar-refractivity contribution >= 4 is 27.7 Å². The van der Waals surface area contributed by atoms with Crippen LogP contribution in [0.15, 0.2) is 53.4 Å². The summed E-state index contributed by atoms with van der Waals surface area (Å²) in [6, 6.07) is 15.1. The van der Waals surface area contributed by atoms with Crippen molar-refractivity contribution in [1.82, 2.24) is 9.62 Å². The molecule has 3 rings (SSSR count). The van der Waals surface area contributed by atoms with Crippen LogP contribution in [-0.2, 0) is 15.8 Å². The van der Waals surface area contributed by atoms with Crippen molar-refractivity contribution in [3.8, 4) is 0 Å². The van der Waals surface area contributed by atoms with Gasteiger partial charge in [0.15, 0.2) is 0 Å². The Morgan fingerprint density at radius 1 is 1.03 bits per heavy atom. The van der Waals surface area contributed by atoms with Crippen molar-refractivity contribution in [3.63, 3.8) is 0 Å². The molecule has 0 atom stereocenters. The topological polar surface area (TPSA) is 66.5 Å². The number of amides is 1. The number of nitrogens with one attached hydrogen (secondary N) is 1. The van der Waals surface area contributed by atoms with Crippen LogP contribution in [0.5, 0.6) is 0 Å². The van der Waals surface area contributed by atoms with Gasteiger partial charge in [-0.2, -0.15) is 16.1 Å². The maximum atomic E-state index is 13.1. The van der Waals surface area contributed by atoms with Gasteiger partial charge in [0.05, 0.1) is 4.90 Å². The minimum absolute atomic E-state index is 0.207. The highest BCUT2D eigenvalue weighted by Gasteiger charge is 2.26. The first-order chi connectivity index (χ1) is 14.5. The van der Waals surface area contributed by atoms with Gasteiger partial charge in [-0.05, 0) is 43.0 Å². The van der Waals surface area contributed by atoms with Crippen LogP contribution in [0.4, 0.5) is 0 Å². The zero-order chi connectivity index (χ0) is 21.4. The van der Waals surface area contributed by atoms with Crippen LogP contribution >= 0.6 is 11.8 Å². The summed E-state index contributed by atoms with van der Waals surface area (Å²) < 4.78 is 27.7. The molecule has 2 aromatic carbocycles. The highest BCUT2D eigenvalue weighted by Crippen LogP contribution is 2.22. The molecule has 1 amide bonds. The fraction of sp³-hybridized carbons (Fsp3) is 0.435. The van der Waals surface area contributed by atoms with Gasteiger partial charge in [0.25, 0.3) is 5.91 Å². The van der Waals surface area contributed by atoms with Gasteiger partial charge < -0.3 is 5.32 Å². The van der Waals surface area contributed by atoms with Gasteiger partial charge >= 0.3 is 0 Å². The van der Waals surface area contributed by atoms with Gasteiger partial charge in [-0.15, -0.1) is 0 Å². The molecule has 2 aromatic rings. The van der Waals surface area contributed by atoms with E-state index in [1.54, 1.807) is 28.2 Å². The standard InChI is InChI=1S/C23H30N2O3S2/c1-19-11-12-21(30(27,28)25-14-7-2-3-8-15-25)17-22(19)23(26)24-13-16-29-18-20-9-5-4-6-10-20/h4-6,9-12,17H,2-3,7-8,13-16,18H2,1H3,(H,24,26). The summed E-state index contributed by atoms with van der Waals surface area (Å²) in [5.74, 6) is 1.48. The molecule has 0 aromatic heterocycles. The second-order valence-electron chi connectivity index (χ2n) is 7.59. The monoisotopic (exact) mass is 446 g/mol. The van der Waals surface area contributed by atoms with Gasteiger partial charge in [-0.1, -0.05) is 49.2 Å². The van der Waals surface area contributed by atoms with Crippen LogP contribution in [0.2, 0.25) is 0 Å². The molecular weight excluding hydrogens is 416 g/mol. The van der Waals surface area contributed by atoms with Crippen LogP contribution in [0.1, 0.15) is 47.2 Å². The number of carbonyl (C=O) groups is 1. The van der Waals surface area contributed by atoms with E-state index in [4.69, 9.17) is 0 Å². The molecular formula is C23H30N2O3S2. The predicted octanol–water partition coefficient (Wildman–Crippen LogP) is 4.22. The second-order valence-corrected chi connectivity index (χ2v) is 10.6. The minimum atomic E-state index is -3.57. The molecule has 0 spiro atoms. The summed E-state index contributed by atoms with van der Waals surface area (Å²) in [5, 5.41) is 2.93. The smallest absolute Gasteiger partial charge is 0.251 e. The Morgan fingerprint density at radius 3 is 2.43 bits per heavy atom. The molecule has 0 aliphatic carbocycles. The molecule has 1 saturated heterocycles. The van der Waals surface area contributed by atoms with E-state index in [9.17, 15) is 13.2 Å². The van der Waals surface area contributed by atoms with Crippen molar-refractivity contribution in [1.29, 1.82) is 0 Å². The molecule has 1 N–H and O–H groups in total. The van der Waals surface area contributed by atoms with Gasteiger partial charge in [0, 0.05) is 36.7 Å². The van der Waals surface area contributed by atoms with E-state index in [-0.39, 0.29) is 10.8 Å². The molecule has 1 aliphatic rings. The zero-order valence-electron chi connectivity index (χ0n) is 17.5. The van der Waals surface area contributed by atoms with Crippen molar-refractivity contribution in [2.45, 2.75) is 43.3 Å². The average Bonchev–Trinajstić information content (AvgIpc) is 3.04. The zero-order valence-corrected chi connectivity index (χ0v) is 19.1. The quantitative estimate of drug-likeness (QED) is 0.617. The van der Waals surface area contributed by atoms with E-state index < -0.39 is 10.0 Å². The number of nitrogens with zero attached hydrogens (tertiary/aromatic N) is 1.